The summed E-state index contributed by atoms with van der Waals surface area (Å²) in [6, 6.07) is 1.95. The first-order chi connectivity index (χ1) is 4.77. The topological polar surface area (TPSA) is 29.1 Å². The van der Waals surface area contributed by atoms with Gasteiger partial charge in [0.1, 0.15) is 0 Å². The second-order valence-electron chi connectivity index (χ2n) is 2.38. The molecule has 0 radical (unpaired) electrons. The summed E-state index contributed by atoms with van der Waals surface area (Å²) in [6.45, 7) is 2.75. The van der Waals surface area contributed by atoms with Crippen LogP contribution in [-0.2, 0) is 6.54 Å². The number of hydrogen-bond donors (Lipinski definition) is 1. The van der Waals surface area contributed by atoms with Crippen LogP contribution in [-0.4, -0.2) is 5.91 Å². The third-order valence-corrected chi connectivity index (χ3v) is 2.64. The maximum absolute atomic E-state index is 11.0. The van der Waals surface area contributed by atoms with E-state index in [-0.39, 0.29) is 5.91 Å². The molecule has 1 aliphatic rings. The third-order valence-electron chi connectivity index (χ3n) is 1.59. The molecule has 2 nitrogen and oxygen atoms in total. The summed E-state index contributed by atoms with van der Waals surface area (Å²) in [6.07, 6.45) is 0. The van der Waals surface area contributed by atoms with Crippen LogP contribution in [0.25, 0.3) is 0 Å². The Balaban J connectivity index is 2.59. The summed E-state index contributed by atoms with van der Waals surface area (Å²) in [5.74, 6) is 0.0827. The molecule has 0 spiro atoms. The first kappa shape index (κ1) is 5.92. The lowest BCUT2D eigenvalue weighted by Crippen LogP contribution is -2.12. The fraction of sp³-hybridized carbons (Fsp3) is 0.286. The summed E-state index contributed by atoms with van der Waals surface area (Å²) >= 11 is 1.70. The zero-order chi connectivity index (χ0) is 7.14. The Bertz CT molecular complexity index is 290. The van der Waals surface area contributed by atoms with Gasteiger partial charge in [0.15, 0.2) is 0 Å². The van der Waals surface area contributed by atoms with Crippen molar-refractivity contribution in [1.29, 1.82) is 0 Å². The van der Waals surface area contributed by atoms with Crippen molar-refractivity contribution in [3.63, 3.8) is 0 Å². The summed E-state index contributed by atoms with van der Waals surface area (Å²) in [5, 5.41) is 2.76. The Hall–Kier alpha value is -0.830. The zero-order valence-corrected chi connectivity index (χ0v) is 6.42. The van der Waals surface area contributed by atoms with E-state index in [1.54, 1.807) is 11.3 Å². The largest absolute Gasteiger partial charge is 0.347 e. The first-order valence-corrected chi connectivity index (χ1v) is 3.96. The Kier molecular flexibility index (Phi) is 1.08. The smallest absolute Gasteiger partial charge is 0.252 e. The second kappa shape index (κ2) is 1.83. The van der Waals surface area contributed by atoms with Crippen LogP contribution in [0.4, 0.5) is 0 Å². The lowest BCUT2D eigenvalue weighted by molar-refractivity contribution is 0.0965. The van der Waals surface area contributed by atoms with Crippen LogP contribution in [0.3, 0.4) is 0 Å². The highest BCUT2D eigenvalue weighted by Crippen LogP contribution is 2.24. The van der Waals surface area contributed by atoms with E-state index >= 15 is 0 Å². The summed E-state index contributed by atoms with van der Waals surface area (Å²) < 4.78 is 0. The van der Waals surface area contributed by atoms with Crippen molar-refractivity contribution >= 4 is 17.2 Å². The van der Waals surface area contributed by atoms with E-state index in [4.69, 9.17) is 0 Å². The Morgan fingerprint density at radius 1 is 1.70 bits per heavy atom. The summed E-state index contributed by atoms with van der Waals surface area (Å²) in [4.78, 5) is 13.4. The molecule has 1 aromatic heterocycles. The predicted molar refractivity (Wildman–Crippen MR) is 40.2 cm³/mol. The monoisotopic (exact) mass is 153 g/mol. The van der Waals surface area contributed by atoms with Crippen LogP contribution in [0.1, 0.15) is 20.1 Å². The number of amides is 1. The van der Waals surface area contributed by atoms with Crippen molar-refractivity contribution in [3.05, 3.63) is 21.4 Å². The van der Waals surface area contributed by atoms with E-state index in [0.717, 1.165) is 12.1 Å². The maximum Gasteiger partial charge on any atom is 0.252 e. The number of rotatable bonds is 0. The van der Waals surface area contributed by atoms with E-state index in [1.807, 2.05) is 13.0 Å². The van der Waals surface area contributed by atoms with Gasteiger partial charge in [-0.2, -0.15) is 0 Å². The summed E-state index contributed by atoms with van der Waals surface area (Å²) in [7, 11) is 0. The van der Waals surface area contributed by atoms with Crippen molar-refractivity contribution in [1.82, 2.24) is 5.32 Å². The lowest BCUT2D eigenvalue weighted by atomic mass is 10.3. The van der Waals surface area contributed by atoms with E-state index < -0.39 is 0 Å². The van der Waals surface area contributed by atoms with Gasteiger partial charge >= 0.3 is 0 Å². The second-order valence-corrected chi connectivity index (χ2v) is 3.72. The van der Waals surface area contributed by atoms with Crippen molar-refractivity contribution in [3.8, 4) is 0 Å². The highest BCUT2D eigenvalue weighted by Gasteiger charge is 2.20. The van der Waals surface area contributed by atoms with Gasteiger partial charge in [0.25, 0.3) is 5.91 Å². The first-order valence-electron chi connectivity index (χ1n) is 3.15. The van der Waals surface area contributed by atoms with Gasteiger partial charge in [-0.3, -0.25) is 4.79 Å². The molecule has 1 aromatic rings. The van der Waals surface area contributed by atoms with Gasteiger partial charge in [-0.15, -0.1) is 11.3 Å². The molecule has 1 N–H and O–H groups in total. The summed E-state index contributed by atoms with van der Waals surface area (Å²) in [5.41, 5.74) is 0.877. The van der Waals surface area contributed by atoms with Crippen LogP contribution < -0.4 is 5.32 Å². The minimum atomic E-state index is 0.0827. The van der Waals surface area contributed by atoms with Crippen LogP contribution in [0.15, 0.2) is 6.07 Å². The number of nitrogens with one attached hydrogen (secondary N) is 1. The van der Waals surface area contributed by atoms with E-state index in [2.05, 4.69) is 5.32 Å². The lowest BCUT2D eigenvalue weighted by Gasteiger charge is -1.86. The standard InChI is InChI=1S/C7H7NOS/c1-4-2-5-6(10-4)3-8-7(5)9/h2H,3H2,1H3,(H,8,9). The number of fused-ring (bicyclic) bond motifs is 1. The van der Waals surface area contributed by atoms with Crippen molar-refractivity contribution in [2.45, 2.75) is 13.5 Å². The minimum Gasteiger partial charge on any atom is -0.347 e. The van der Waals surface area contributed by atoms with E-state index in [0.29, 0.717) is 0 Å². The molecule has 0 bridgehead atoms. The number of thiophene rings is 1. The molecule has 1 aliphatic heterocycles. The van der Waals surface area contributed by atoms with Crippen molar-refractivity contribution in [2.75, 3.05) is 0 Å². The van der Waals surface area contributed by atoms with Gasteiger partial charge in [0.05, 0.1) is 12.1 Å². The highest BCUT2D eigenvalue weighted by molar-refractivity contribution is 7.12. The Morgan fingerprint density at radius 3 is 3.20 bits per heavy atom. The zero-order valence-electron chi connectivity index (χ0n) is 5.60. The molecule has 52 valence electrons. The van der Waals surface area contributed by atoms with Crippen molar-refractivity contribution in [2.24, 2.45) is 0 Å². The molecule has 0 unspecified atom stereocenters. The number of carbonyl (C=O) groups is 1. The molecule has 0 saturated heterocycles. The van der Waals surface area contributed by atoms with Gasteiger partial charge in [0, 0.05) is 9.75 Å². The molecule has 0 saturated carbocycles. The number of carbonyl (C=O) groups excluding carboxylic acids is 1. The van der Waals surface area contributed by atoms with Crippen LogP contribution >= 0.6 is 11.3 Å². The van der Waals surface area contributed by atoms with Gasteiger partial charge < -0.3 is 5.32 Å². The van der Waals surface area contributed by atoms with Gasteiger partial charge in [-0.1, -0.05) is 0 Å². The molecule has 10 heavy (non-hydrogen) atoms. The van der Waals surface area contributed by atoms with Gasteiger partial charge in [0.2, 0.25) is 0 Å². The molecule has 2 heterocycles. The highest BCUT2D eigenvalue weighted by atomic mass is 32.1. The number of hydrogen-bond acceptors (Lipinski definition) is 2. The Morgan fingerprint density at radius 2 is 2.50 bits per heavy atom. The fourth-order valence-corrected chi connectivity index (χ4v) is 2.11. The third kappa shape index (κ3) is 0.671. The average Bonchev–Trinajstić information content (AvgIpc) is 2.35. The normalized spacial score (nSPS) is 15.1. The average molecular weight is 153 g/mol. The molecule has 0 fully saturated rings. The van der Waals surface area contributed by atoms with Crippen molar-refractivity contribution < 1.29 is 4.79 Å². The van der Waals surface area contributed by atoms with E-state index in [1.165, 1.54) is 9.75 Å². The molecule has 0 aliphatic carbocycles. The predicted octanol–water partition coefficient (Wildman–Crippen LogP) is 1.30. The number of aryl methyl sites for hydroxylation is 1. The molecule has 2 rings (SSSR count). The molecular formula is C7H7NOS. The van der Waals surface area contributed by atoms with Crippen LogP contribution in [0.2, 0.25) is 0 Å². The van der Waals surface area contributed by atoms with Crippen LogP contribution in [0, 0.1) is 6.92 Å². The molecule has 0 atom stereocenters. The van der Waals surface area contributed by atoms with Gasteiger partial charge in [-0.05, 0) is 13.0 Å². The fourth-order valence-electron chi connectivity index (χ4n) is 1.14. The van der Waals surface area contributed by atoms with E-state index in [9.17, 15) is 4.79 Å². The quantitative estimate of drug-likeness (QED) is 0.598. The van der Waals surface area contributed by atoms with Crippen LogP contribution in [0.5, 0.6) is 0 Å². The SMILES string of the molecule is Cc1cc2c(s1)CNC2=O. The molecule has 3 heteroatoms. The minimum absolute atomic E-state index is 0.0827. The Labute approximate surface area is 62.9 Å². The maximum atomic E-state index is 11.0. The molecular weight excluding hydrogens is 146 g/mol. The molecule has 0 aromatic carbocycles. The molecule has 1 amide bonds. The van der Waals surface area contributed by atoms with Gasteiger partial charge in [-0.25, -0.2) is 0 Å².